The van der Waals surface area contributed by atoms with Gasteiger partial charge in [0.2, 0.25) is 5.91 Å². The van der Waals surface area contributed by atoms with Crippen LogP contribution in [0.15, 0.2) is 18.2 Å². The number of carbonyl (C=O) groups excluding carboxylic acids is 1. The molecule has 0 bridgehead atoms. The molecule has 1 amide bonds. The molecule has 1 fully saturated rings. The monoisotopic (exact) mass is 247 g/mol. The Morgan fingerprint density at radius 2 is 2.33 bits per heavy atom. The number of rotatable bonds is 3. The molecule has 0 radical (unpaired) electrons. The van der Waals surface area contributed by atoms with Gasteiger partial charge in [0.25, 0.3) is 0 Å². The summed E-state index contributed by atoms with van der Waals surface area (Å²) in [6.07, 6.45) is 1.19. The predicted octanol–water partition coefficient (Wildman–Crippen LogP) is 1.86. The highest BCUT2D eigenvalue weighted by Gasteiger charge is 2.20. The summed E-state index contributed by atoms with van der Waals surface area (Å²) in [6, 6.07) is 5.61. The van der Waals surface area contributed by atoms with Gasteiger partial charge in [0.15, 0.2) is 0 Å². The lowest BCUT2D eigenvalue weighted by Gasteiger charge is -2.15. The molecule has 3 N–H and O–H groups in total. The fourth-order valence-electron chi connectivity index (χ4n) is 2.29. The Hall–Kier alpha value is -1.55. The average molecular weight is 247 g/mol. The highest BCUT2D eigenvalue weighted by atomic mass is 16.2. The van der Waals surface area contributed by atoms with E-state index >= 15 is 0 Å². The molecule has 0 spiro atoms. The zero-order chi connectivity index (χ0) is 13.1. The van der Waals surface area contributed by atoms with Crippen LogP contribution >= 0.6 is 0 Å². The van der Waals surface area contributed by atoms with Crippen LogP contribution in [0.4, 0.5) is 11.4 Å². The van der Waals surface area contributed by atoms with Crippen molar-refractivity contribution in [3.05, 3.63) is 23.8 Å². The lowest BCUT2D eigenvalue weighted by atomic mass is 10.2. The second-order valence-electron chi connectivity index (χ2n) is 5.25. The van der Waals surface area contributed by atoms with Crippen molar-refractivity contribution in [1.82, 2.24) is 4.90 Å². The molecule has 4 heteroatoms. The summed E-state index contributed by atoms with van der Waals surface area (Å²) in [7, 11) is 0. The van der Waals surface area contributed by atoms with Crippen LogP contribution in [0.5, 0.6) is 0 Å². The quantitative estimate of drug-likeness (QED) is 0.801. The van der Waals surface area contributed by atoms with E-state index < -0.39 is 0 Å². The van der Waals surface area contributed by atoms with Gasteiger partial charge in [-0.3, -0.25) is 9.69 Å². The maximum absolute atomic E-state index is 11.9. The minimum Gasteiger partial charge on any atom is -0.398 e. The second-order valence-corrected chi connectivity index (χ2v) is 5.25. The minimum atomic E-state index is 0.0346. The van der Waals surface area contributed by atoms with E-state index in [0.29, 0.717) is 18.2 Å². The summed E-state index contributed by atoms with van der Waals surface area (Å²) in [5, 5.41) is 2.89. The number of carbonyl (C=O) groups is 1. The number of amides is 1. The highest BCUT2D eigenvalue weighted by molar-refractivity contribution is 5.92. The van der Waals surface area contributed by atoms with E-state index in [-0.39, 0.29) is 5.91 Å². The molecule has 4 nitrogen and oxygen atoms in total. The molecule has 1 unspecified atom stereocenters. The third-order valence-electron chi connectivity index (χ3n) is 3.44. The zero-order valence-corrected chi connectivity index (χ0v) is 11.1. The summed E-state index contributed by atoms with van der Waals surface area (Å²) in [6.45, 7) is 6.68. The number of nitrogen functional groups attached to an aromatic ring is 1. The topological polar surface area (TPSA) is 58.4 Å². The van der Waals surface area contributed by atoms with Crippen molar-refractivity contribution in [1.29, 1.82) is 0 Å². The molecule has 1 atom stereocenters. The van der Waals surface area contributed by atoms with E-state index in [2.05, 4.69) is 17.1 Å². The van der Waals surface area contributed by atoms with Crippen molar-refractivity contribution in [3.8, 4) is 0 Å². The molecule has 1 aromatic carbocycles. The number of likely N-dealkylation sites (tertiary alicyclic amines) is 1. The van der Waals surface area contributed by atoms with E-state index in [9.17, 15) is 4.79 Å². The van der Waals surface area contributed by atoms with Crippen molar-refractivity contribution >= 4 is 17.3 Å². The lowest BCUT2D eigenvalue weighted by Crippen LogP contribution is -2.31. The first-order valence-corrected chi connectivity index (χ1v) is 6.43. The Balaban J connectivity index is 1.89. The predicted molar refractivity (Wildman–Crippen MR) is 74.4 cm³/mol. The average Bonchev–Trinajstić information content (AvgIpc) is 2.69. The number of benzene rings is 1. The Labute approximate surface area is 108 Å². The normalized spacial score (nSPS) is 20.0. The van der Waals surface area contributed by atoms with E-state index in [1.54, 1.807) is 6.07 Å². The fourth-order valence-corrected chi connectivity index (χ4v) is 2.29. The van der Waals surface area contributed by atoms with Crippen LogP contribution in [0.3, 0.4) is 0 Å². The van der Waals surface area contributed by atoms with Gasteiger partial charge in [-0.05, 0) is 43.5 Å². The van der Waals surface area contributed by atoms with Crippen LogP contribution < -0.4 is 11.1 Å². The molecular weight excluding hydrogens is 226 g/mol. The van der Waals surface area contributed by atoms with Crippen LogP contribution in [-0.2, 0) is 4.79 Å². The molecular formula is C14H21N3O. The number of hydrogen-bond acceptors (Lipinski definition) is 3. The molecule has 1 heterocycles. The third-order valence-corrected chi connectivity index (χ3v) is 3.44. The van der Waals surface area contributed by atoms with Crippen LogP contribution in [0, 0.1) is 12.8 Å². The number of nitrogens with two attached hydrogens (primary N) is 1. The number of nitrogens with zero attached hydrogens (tertiary/aromatic N) is 1. The Bertz CT molecular complexity index is 445. The molecule has 1 saturated heterocycles. The molecule has 1 aliphatic heterocycles. The highest BCUT2D eigenvalue weighted by Crippen LogP contribution is 2.18. The molecule has 0 aliphatic carbocycles. The smallest absolute Gasteiger partial charge is 0.238 e. The van der Waals surface area contributed by atoms with Crippen LogP contribution in [0.1, 0.15) is 18.9 Å². The molecule has 1 aliphatic rings. The molecule has 0 saturated carbocycles. The first kappa shape index (κ1) is 12.9. The van der Waals surface area contributed by atoms with E-state index in [0.717, 1.165) is 24.3 Å². The van der Waals surface area contributed by atoms with Crippen molar-refractivity contribution in [2.45, 2.75) is 20.3 Å². The van der Waals surface area contributed by atoms with Gasteiger partial charge in [-0.25, -0.2) is 0 Å². The van der Waals surface area contributed by atoms with Gasteiger partial charge in [-0.2, -0.15) is 0 Å². The van der Waals surface area contributed by atoms with Gasteiger partial charge in [0, 0.05) is 17.9 Å². The van der Waals surface area contributed by atoms with Crippen molar-refractivity contribution in [2.24, 2.45) is 5.92 Å². The van der Waals surface area contributed by atoms with Crippen LogP contribution in [0.2, 0.25) is 0 Å². The Morgan fingerprint density at radius 3 is 2.94 bits per heavy atom. The third kappa shape index (κ3) is 3.23. The summed E-state index contributed by atoms with van der Waals surface area (Å²) >= 11 is 0. The van der Waals surface area contributed by atoms with E-state index in [1.807, 2.05) is 19.1 Å². The van der Waals surface area contributed by atoms with E-state index in [1.165, 1.54) is 6.42 Å². The van der Waals surface area contributed by atoms with Crippen LogP contribution in [-0.4, -0.2) is 30.4 Å². The zero-order valence-electron chi connectivity index (χ0n) is 11.1. The summed E-state index contributed by atoms with van der Waals surface area (Å²) in [4.78, 5) is 14.1. The SMILES string of the molecule is Cc1ccc(NC(=O)CN2CCC(C)C2)cc1N. The molecule has 2 rings (SSSR count). The number of nitrogens with one attached hydrogen (secondary N) is 1. The maximum Gasteiger partial charge on any atom is 0.238 e. The Kier molecular flexibility index (Phi) is 3.87. The molecule has 18 heavy (non-hydrogen) atoms. The van der Waals surface area contributed by atoms with Crippen molar-refractivity contribution < 1.29 is 4.79 Å². The summed E-state index contributed by atoms with van der Waals surface area (Å²) < 4.78 is 0. The van der Waals surface area contributed by atoms with Gasteiger partial charge in [0.1, 0.15) is 0 Å². The first-order valence-electron chi connectivity index (χ1n) is 6.43. The fraction of sp³-hybridized carbons (Fsp3) is 0.500. The van der Waals surface area contributed by atoms with Crippen molar-refractivity contribution in [2.75, 3.05) is 30.7 Å². The van der Waals surface area contributed by atoms with Crippen LogP contribution in [0.25, 0.3) is 0 Å². The molecule has 1 aromatic rings. The van der Waals surface area contributed by atoms with Gasteiger partial charge in [-0.1, -0.05) is 13.0 Å². The summed E-state index contributed by atoms with van der Waals surface area (Å²) in [5.74, 6) is 0.736. The minimum absolute atomic E-state index is 0.0346. The summed E-state index contributed by atoms with van der Waals surface area (Å²) in [5.41, 5.74) is 8.33. The van der Waals surface area contributed by atoms with Crippen molar-refractivity contribution in [3.63, 3.8) is 0 Å². The maximum atomic E-state index is 11.9. The number of anilines is 2. The van der Waals surface area contributed by atoms with Gasteiger partial charge < -0.3 is 11.1 Å². The largest absolute Gasteiger partial charge is 0.398 e. The first-order chi connectivity index (χ1) is 8.54. The van der Waals surface area contributed by atoms with Gasteiger partial charge in [-0.15, -0.1) is 0 Å². The van der Waals surface area contributed by atoms with Gasteiger partial charge in [0.05, 0.1) is 6.54 Å². The van der Waals surface area contributed by atoms with Gasteiger partial charge >= 0.3 is 0 Å². The number of hydrogen-bond donors (Lipinski definition) is 2. The number of aryl methyl sites for hydroxylation is 1. The Morgan fingerprint density at radius 1 is 1.56 bits per heavy atom. The second kappa shape index (κ2) is 5.40. The standard InChI is InChI=1S/C14H21N3O/c1-10-5-6-17(8-10)9-14(18)16-12-4-3-11(2)13(15)7-12/h3-4,7,10H,5-6,8-9,15H2,1-2H3,(H,16,18). The molecule has 98 valence electrons. The lowest BCUT2D eigenvalue weighted by molar-refractivity contribution is -0.117. The molecule has 0 aromatic heterocycles. The van der Waals surface area contributed by atoms with E-state index in [4.69, 9.17) is 5.73 Å².